The second-order valence-electron chi connectivity index (χ2n) is 9.58. The van der Waals surface area contributed by atoms with Gasteiger partial charge in [-0.25, -0.2) is 4.79 Å². The molecule has 0 radical (unpaired) electrons. The van der Waals surface area contributed by atoms with Crippen molar-refractivity contribution in [1.82, 2.24) is 4.59 Å². The molecule has 1 heterocycles. The maximum Gasteiger partial charge on any atom is 0.376 e. The highest BCUT2D eigenvalue weighted by Crippen LogP contribution is 2.44. The number of benzene rings is 3. The summed E-state index contributed by atoms with van der Waals surface area (Å²) >= 11 is 0. The lowest BCUT2D eigenvalue weighted by Crippen LogP contribution is -2.74. The monoisotopic (exact) mass is 427 g/mol. The van der Waals surface area contributed by atoms with Gasteiger partial charge in [-0.1, -0.05) is 75.4 Å². The minimum absolute atomic E-state index is 0.0865. The summed E-state index contributed by atoms with van der Waals surface area (Å²) < 4.78 is -0.166. The molecule has 3 aromatic carbocycles. The average Bonchev–Trinajstić information content (AvgIpc) is 2.81. The van der Waals surface area contributed by atoms with Gasteiger partial charge in [0, 0.05) is 23.5 Å². The van der Waals surface area contributed by atoms with Gasteiger partial charge in [0.15, 0.2) is 5.69 Å². The van der Waals surface area contributed by atoms with Crippen LogP contribution in [0.3, 0.4) is 0 Å². The van der Waals surface area contributed by atoms with E-state index in [-0.39, 0.29) is 22.4 Å². The first-order chi connectivity index (χ1) is 15.3. The zero-order valence-electron chi connectivity index (χ0n) is 19.3. The third kappa shape index (κ3) is 3.55. The number of para-hydroxylation sites is 2. The fourth-order valence-corrected chi connectivity index (χ4v) is 4.66. The summed E-state index contributed by atoms with van der Waals surface area (Å²) in [5.41, 5.74) is 2.63. The van der Waals surface area contributed by atoms with Crippen molar-refractivity contribution in [3.05, 3.63) is 96.1 Å². The summed E-state index contributed by atoms with van der Waals surface area (Å²) in [6, 6.07) is 26.9. The molecule has 32 heavy (non-hydrogen) atoms. The topological polar surface area (TPSA) is 37.4 Å². The molecule has 2 unspecified atom stereocenters. The van der Waals surface area contributed by atoms with Crippen molar-refractivity contribution in [3.8, 4) is 0 Å². The number of carbonyl (C=O) groups excluding carboxylic acids is 2. The van der Waals surface area contributed by atoms with Gasteiger partial charge in [-0.2, -0.15) is 0 Å². The van der Waals surface area contributed by atoms with Crippen LogP contribution in [-0.4, -0.2) is 17.9 Å². The number of anilines is 1. The molecular weight excluding hydrogens is 396 g/mol. The standard InChI is InChI=1S/C28H31N2O2/c1-21-19-20-22-13-11-12-18-25(22)30(21,26(31)23-14-7-5-8-15-23)29(27(32)28(2,3)4)24-16-9-6-10-17-24/h5-18,21H,19-20H2,1-4H3/q+1. The van der Waals surface area contributed by atoms with Crippen LogP contribution in [0.15, 0.2) is 84.9 Å². The molecule has 2 amide bonds. The second kappa shape index (κ2) is 8.36. The first-order valence-corrected chi connectivity index (χ1v) is 11.2. The molecule has 0 aliphatic carbocycles. The Morgan fingerprint density at radius 2 is 1.41 bits per heavy atom. The van der Waals surface area contributed by atoms with Crippen LogP contribution in [0.1, 0.15) is 50.0 Å². The van der Waals surface area contributed by atoms with E-state index in [9.17, 15) is 9.59 Å². The third-order valence-electron chi connectivity index (χ3n) is 6.31. The Bertz CT molecular complexity index is 1120. The Hall–Kier alpha value is -3.24. The predicted octanol–water partition coefficient (Wildman–Crippen LogP) is 6.16. The lowest BCUT2D eigenvalue weighted by atomic mass is 9.91. The van der Waals surface area contributed by atoms with Gasteiger partial charge in [0.05, 0.1) is 11.3 Å². The Labute approximate surface area is 190 Å². The van der Waals surface area contributed by atoms with Gasteiger partial charge >= 0.3 is 5.91 Å². The molecule has 4 nitrogen and oxygen atoms in total. The second-order valence-corrected chi connectivity index (χ2v) is 9.58. The van der Waals surface area contributed by atoms with Crippen molar-refractivity contribution in [2.75, 3.05) is 5.01 Å². The fourth-order valence-electron chi connectivity index (χ4n) is 4.66. The van der Waals surface area contributed by atoms with Crippen molar-refractivity contribution in [3.63, 3.8) is 0 Å². The van der Waals surface area contributed by atoms with E-state index in [0.29, 0.717) is 5.56 Å². The van der Waals surface area contributed by atoms with Crippen LogP contribution in [0.2, 0.25) is 0 Å². The van der Waals surface area contributed by atoms with E-state index in [0.717, 1.165) is 29.8 Å². The van der Waals surface area contributed by atoms with Crippen molar-refractivity contribution in [2.24, 2.45) is 5.41 Å². The molecule has 0 spiro atoms. The molecule has 0 fully saturated rings. The van der Waals surface area contributed by atoms with Crippen LogP contribution in [0.25, 0.3) is 0 Å². The summed E-state index contributed by atoms with van der Waals surface area (Å²) in [6.45, 7) is 7.82. The Kier molecular flexibility index (Phi) is 5.74. The maximum absolute atomic E-state index is 14.5. The first kappa shape index (κ1) is 22.0. The van der Waals surface area contributed by atoms with Gasteiger partial charge in [-0.3, -0.25) is 4.79 Å². The van der Waals surface area contributed by atoms with Crippen LogP contribution >= 0.6 is 0 Å². The average molecular weight is 428 g/mol. The van der Waals surface area contributed by atoms with Crippen molar-refractivity contribution in [2.45, 2.75) is 46.6 Å². The number of aryl methyl sites for hydroxylation is 1. The molecular formula is C28H31N2O2+. The van der Waals surface area contributed by atoms with Crippen LogP contribution in [0.5, 0.6) is 0 Å². The van der Waals surface area contributed by atoms with Gasteiger partial charge in [0.2, 0.25) is 0 Å². The van der Waals surface area contributed by atoms with Gasteiger partial charge in [-0.15, -0.1) is 9.60 Å². The normalized spacial score (nSPS) is 20.3. The molecule has 0 bridgehead atoms. The number of fused-ring (bicyclic) bond motifs is 1. The number of hydrogen-bond acceptors (Lipinski definition) is 2. The van der Waals surface area contributed by atoms with E-state index in [1.54, 1.807) is 5.01 Å². The highest BCUT2D eigenvalue weighted by Gasteiger charge is 2.57. The fraction of sp³-hybridized carbons (Fsp3) is 0.286. The summed E-state index contributed by atoms with van der Waals surface area (Å²) in [7, 11) is 0. The smallest absolute Gasteiger partial charge is 0.269 e. The van der Waals surface area contributed by atoms with E-state index >= 15 is 0 Å². The van der Waals surface area contributed by atoms with E-state index in [1.165, 1.54) is 0 Å². The number of rotatable bonds is 2. The number of hydrogen-bond donors (Lipinski definition) is 0. The van der Waals surface area contributed by atoms with Gasteiger partial charge in [-0.05, 0) is 37.6 Å². The molecule has 4 rings (SSSR count). The zero-order chi connectivity index (χ0) is 22.9. The molecule has 4 heteroatoms. The Morgan fingerprint density at radius 3 is 2.03 bits per heavy atom. The molecule has 1 aliphatic heterocycles. The maximum atomic E-state index is 14.5. The van der Waals surface area contributed by atoms with E-state index in [2.05, 4.69) is 13.0 Å². The van der Waals surface area contributed by atoms with Crippen LogP contribution in [0.4, 0.5) is 11.4 Å². The number of quaternary nitrogens is 1. The Balaban J connectivity index is 2.09. The van der Waals surface area contributed by atoms with E-state index in [1.807, 2.05) is 99.6 Å². The lowest BCUT2D eigenvalue weighted by Gasteiger charge is -2.50. The lowest BCUT2D eigenvalue weighted by molar-refractivity contribution is -0.128. The molecule has 1 aliphatic rings. The summed E-state index contributed by atoms with van der Waals surface area (Å²) in [4.78, 5) is 28.6. The van der Waals surface area contributed by atoms with Crippen molar-refractivity contribution in [1.29, 1.82) is 0 Å². The molecule has 0 aromatic heterocycles. The van der Waals surface area contributed by atoms with Crippen LogP contribution in [0, 0.1) is 5.41 Å². The largest absolute Gasteiger partial charge is 0.376 e. The summed E-state index contributed by atoms with van der Waals surface area (Å²) in [5.74, 6) is -0.178. The SMILES string of the molecule is CC1CCc2ccccc2[N+]1(C(=O)c1ccccc1)N(C(=O)C(C)(C)C)c1ccccc1. The number of nitrogens with zero attached hydrogens (tertiary/aromatic N) is 2. The predicted molar refractivity (Wildman–Crippen MR) is 130 cm³/mol. The van der Waals surface area contributed by atoms with Gasteiger partial charge in [0.1, 0.15) is 6.04 Å². The number of amides is 2. The molecule has 0 saturated heterocycles. The van der Waals surface area contributed by atoms with Crippen LogP contribution < -0.4 is 9.60 Å². The highest BCUT2D eigenvalue weighted by molar-refractivity contribution is 6.11. The van der Waals surface area contributed by atoms with Gasteiger partial charge in [0.25, 0.3) is 5.91 Å². The molecule has 0 N–H and O–H groups in total. The quantitative estimate of drug-likeness (QED) is 0.459. The molecule has 164 valence electrons. The zero-order valence-corrected chi connectivity index (χ0v) is 19.3. The first-order valence-electron chi connectivity index (χ1n) is 11.2. The minimum atomic E-state index is -0.676. The molecule has 0 saturated carbocycles. The minimum Gasteiger partial charge on any atom is -0.269 e. The van der Waals surface area contributed by atoms with E-state index in [4.69, 9.17) is 0 Å². The molecule has 2 atom stereocenters. The number of carbonyl (C=O) groups is 2. The Morgan fingerprint density at radius 1 is 0.844 bits per heavy atom. The van der Waals surface area contributed by atoms with Gasteiger partial charge < -0.3 is 0 Å². The highest BCUT2D eigenvalue weighted by atomic mass is 16.2. The van der Waals surface area contributed by atoms with Crippen LogP contribution in [-0.2, 0) is 11.2 Å². The molecule has 3 aromatic rings. The van der Waals surface area contributed by atoms with E-state index < -0.39 is 5.41 Å². The van der Waals surface area contributed by atoms with Crippen molar-refractivity contribution >= 4 is 23.2 Å². The summed E-state index contributed by atoms with van der Waals surface area (Å²) in [5, 5.41) is 1.75. The van der Waals surface area contributed by atoms with Crippen molar-refractivity contribution < 1.29 is 9.59 Å². The summed E-state index contributed by atoms with van der Waals surface area (Å²) in [6.07, 6.45) is 1.68. The third-order valence-corrected chi connectivity index (χ3v) is 6.31.